The van der Waals surface area contributed by atoms with E-state index in [1.807, 2.05) is 6.92 Å². The van der Waals surface area contributed by atoms with Crippen LogP contribution in [-0.4, -0.2) is 21.6 Å². The number of aliphatic hydroxyl groups is 1. The normalized spacial score (nSPS) is 13.7. The first-order valence-corrected chi connectivity index (χ1v) is 7.08. The number of nitrogens with one attached hydrogen (secondary N) is 1. The van der Waals surface area contributed by atoms with Gasteiger partial charge in [0.1, 0.15) is 28.9 Å². The predicted octanol–water partition coefficient (Wildman–Crippen LogP) is 2.95. The molecule has 0 radical (unpaired) electrons. The first kappa shape index (κ1) is 16.3. The van der Waals surface area contributed by atoms with Crippen molar-refractivity contribution in [3.8, 4) is 0 Å². The Morgan fingerprint density at radius 2 is 1.95 bits per heavy atom. The molecule has 1 aromatic carbocycles. The summed E-state index contributed by atoms with van der Waals surface area (Å²) in [4.78, 5) is 8.49. The molecule has 1 aromatic heterocycles. The van der Waals surface area contributed by atoms with E-state index >= 15 is 0 Å². The van der Waals surface area contributed by atoms with Crippen molar-refractivity contribution in [2.24, 2.45) is 0 Å². The first-order valence-electron chi connectivity index (χ1n) is 7.08. The monoisotopic (exact) mass is 307 g/mol. The molecule has 1 atom stereocenters. The Balaban J connectivity index is 2.17. The zero-order chi connectivity index (χ0) is 16.3. The highest BCUT2D eigenvalue weighted by molar-refractivity contribution is 5.37. The van der Waals surface area contributed by atoms with E-state index in [1.54, 1.807) is 13.0 Å². The van der Waals surface area contributed by atoms with Crippen LogP contribution in [0.15, 0.2) is 24.3 Å². The first-order chi connectivity index (χ1) is 10.3. The molecule has 118 valence electrons. The number of hydrogen-bond acceptors (Lipinski definition) is 4. The highest BCUT2D eigenvalue weighted by Crippen LogP contribution is 2.24. The molecule has 2 N–H and O–H groups in total. The molecule has 2 rings (SSSR count). The van der Waals surface area contributed by atoms with Crippen LogP contribution < -0.4 is 5.32 Å². The van der Waals surface area contributed by atoms with Gasteiger partial charge >= 0.3 is 0 Å². The second-order valence-electron chi connectivity index (χ2n) is 5.40. The molecule has 1 unspecified atom stereocenters. The molecule has 1 heterocycles. The molecule has 0 aliphatic rings. The van der Waals surface area contributed by atoms with Gasteiger partial charge in [-0.3, -0.25) is 0 Å². The molecular formula is C16H19F2N3O. The highest BCUT2D eigenvalue weighted by Gasteiger charge is 2.27. The second kappa shape index (κ2) is 6.36. The third-order valence-electron chi connectivity index (χ3n) is 3.38. The SMILES string of the molecule is CCc1cc(NCC(C)(O)c2ccc(F)cc2F)nc(C)n1. The summed E-state index contributed by atoms with van der Waals surface area (Å²) < 4.78 is 26.8. The van der Waals surface area contributed by atoms with Crippen LogP contribution in [0.1, 0.15) is 30.9 Å². The lowest BCUT2D eigenvalue weighted by Crippen LogP contribution is -2.32. The summed E-state index contributed by atoms with van der Waals surface area (Å²) >= 11 is 0. The van der Waals surface area contributed by atoms with Gasteiger partial charge in [0.15, 0.2) is 0 Å². The minimum Gasteiger partial charge on any atom is -0.383 e. The van der Waals surface area contributed by atoms with E-state index in [0.717, 1.165) is 24.2 Å². The van der Waals surface area contributed by atoms with Gasteiger partial charge in [0.05, 0.1) is 0 Å². The second-order valence-corrected chi connectivity index (χ2v) is 5.40. The van der Waals surface area contributed by atoms with Crippen molar-refractivity contribution in [2.75, 3.05) is 11.9 Å². The molecule has 4 nitrogen and oxygen atoms in total. The Hall–Kier alpha value is -2.08. The van der Waals surface area contributed by atoms with Gasteiger partial charge < -0.3 is 10.4 Å². The van der Waals surface area contributed by atoms with E-state index < -0.39 is 17.2 Å². The van der Waals surface area contributed by atoms with Crippen LogP contribution in [0.5, 0.6) is 0 Å². The lowest BCUT2D eigenvalue weighted by molar-refractivity contribution is 0.0673. The van der Waals surface area contributed by atoms with Gasteiger partial charge in [0, 0.05) is 29.9 Å². The van der Waals surface area contributed by atoms with Gasteiger partial charge in [-0.15, -0.1) is 0 Å². The fourth-order valence-corrected chi connectivity index (χ4v) is 2.19. The van der Waals surface area contributed by atoms with E-state index in [-0.39, 0.29) is 12.1 Å². The van der Waals surface area contributed by atoms with Crippen molar-refractivity contribution in [3.05, 3.63) is 53.0 Å². The summed E-state index contributed by atoms with van der Waals surface area (Å²) in [5.74, 6) is -0.273. The smallest absolute Gasteiger partial charge is 0.132 e. The maximum absolute atomic E-state index is 13.8. The predicted molar refractivity (Wildman–Crippen MR) is 80.6 cm³/mol. The van der Waals surface area contributed by atoms with Crippen molar-refractivity contribution in [3.63, 3.8) is 0 Å². The van der Waals surface area contributed by atoms with Gasteiger partial charge in [-0.1, -0.05) is 13.0 Å². The summed E-state index contributed by atoms with van der Waals surface area (Å²) in [6.45, 7) is 5.26. The van der Waals surface area contributed by atoms with Crippen LogP contribution in [0, 0.1) is 18.6 Å². The Bertz CT molecular complexity index is 674. The zero-order valence-electron chi connectivity index (χ0n) is 12.8. The lowest BCUT2D eigenvalue weighted by Gasteiger charge is -2.25. The summed E-state index contributed by atoms with van der Waals surface area (Å²) in [6.07, 6.45) is 0.765. The molecule has 0 saturated heterocycles. The van der Waals surface area contributed by atoms with E-state index in [0.29, 0.717) is 11.6 Å². The van der Waals surface area contributed by atoms with Gasteiger partial charge in [-0.25, -0.2) is 18.7 Å². The molecule has 22 heavy (non-hydrogen) atoms. The summed E-state index contributed by atoms with van der Waals surface area (Å²) in [7, 11) is 0. The van der Waals surface area contributed by atoms with Crippen molar-refractivity contribution in [2.45, 2.75) is 32.8 Å². The molecule has 0 spiro atoms. The lowest BCUT2D eigenvalue weighted by atomic mass is 9.95. The van der Waals surface area contributed by atoms with E-state index in [4.69, 9.17) is 0 Å². The van der Waals surface area contributed by atoms with Crippen LogP contribution in [0.4, 0.5) is 14.6 Å². The third-order valence-corrected chi connectivity index (χ3v) is 3.38. The van der Waals surface area contributed by atoms with Crippen molar-refractivity contribution in [1.82, 2.24) is 9.97 Å². The van der Waals surface area contributed by atoms with Gasteiger partial charge in [0.25, 0.3) is 0 Å². The number of anilines is 1. The maximum Gasteiger partial charge on any atom is 0.132 e. The van der Waals surface area contributed by atoms with Crippen LogP contribution in [0.2, 0.25) is 0 Å². The molecule has 0 saturated carbocycles. The topological polar surface area (TPSA) is 58.0 Å². The average Bonchev–Trinajstić information content (AvgIpc) is 2.44. The quantitative estimate of drug-likeness (QED) is 0.891. The molecule has 0 fully saturated rings. The molecule has 0 amide bonds. The Kier molecular flexibility index (Phi) is 4.71. The van der Waals surface area contributed by atoms with E-state index in [9.17, 15) is 13.9 Å². The number of aromatic nitrogens is 2. The van der Waals surface area contributed by atoms with Crippen molar-refractivity contribution < 1.29 is 13.9 Å². The summed E-state index contributed by atoms with van der Waals surface area (Å²) in [5.41, 5.74) is -0.589. The summed E-state index contributed by atoms with van der Waals surface area (Å²) in [6, 6.07) is 4.91. The number of rotatable bonds is 5. The van der Waals surface area contributed by atoms with Crippen LogP contribution in [-0.2, 0) is 12.0 Å². The average molecular weight is 307 g/mol. The largest absolute Gasteiger partial charge is 0.383 e. The summed E-state index contributed by atoms with van der Waals surface area (Å²) in [5, 5.41) is 13.4. The minimum absolute atomic E-state index is 0.0305. The van der Waals surface area contributed by atoms with Crippen LogP contribution >= 0.6 is 0 Å². The fourth-order valence-electron chi connectivity index (χ4n) is 2.19. The Morgan fingerprint density at radius 1 is 1.23 bits per heavy atom. The Labute approximate surface area is 128 Å². The molecule has 0 aliphatic heterocycles. The number of aryl methyl sites for hydroxylation is 2. The van der Waals surface area contributed by atoms with Gasteiger partial charge in [-0.2, -0.15) is 0 Å². The molecular weight excluding hydrogens is 288 g/mol. The van der Waals surface area contributed by atoms with Crippen molar-refractivity contribution in [1.29, 1.82) is 0 Å². The van der Waals surface area contributed by atoms with Crippen molar-refractivity contribution >= 4 is 5.82 Å². The highest BCUT2D eigenvalue weighted by atomic mass is 19.1. The van der Waals surface area contributed by atoms with Gasteiger partial charge in [0.2, 0.25) is 0 Å². The van der Waals surface area contributed by atoms with Gasteiger partial charge in [-0.05, 0) is 26.3 Å². The van der Waals surface area contributed by atoms with E-state index in [2.05, 4.69) is 15.3 Å². The fraction of sp³-hybridized carbons (Fsp3) is 0.375. The number of hydrogen-bond donors (Lipinski definition) is 2. The minimum atomic E-state index is -1.50. The van der Waals surface area contributed by atoms with Crippen LogP contribution in [0.25, 0.3) is 0 Å². The third kappa shape index (κ3) is 3.76. The molecule has 2 aromatic rings. The van der Waals surface area contributed by atoms with Crippen LogP contribution in [0.3, 0.4) is 0 Å². The number of halogens is 2. The standard InChI is InChI=1S/C16H19F2N3O/c1-4-12-8-15(21-10(2)20-12)19-9-16(3,22)13-6-5-11(17)7-14(13)18/h5-8,22H,4,9H2,1-3H3,(H,19,20,21). The number of benzene rings is 1. The Morgan fingerprint density at radius 3 is 2.59 bits per heavy atom. The molecule has 0 aliphatic carbocycles. The van der Waals surface area contributed by atoms with E-state index in [1.165, 1.54) is 13.0 Å². The number of nitrogens with zero attached hydrogens (tertiary/aromatic N) is 2. The molecule has 6 heteroatoms. The maximum atomic E-state index is 13.8. The molecule has 0 bridgehead atoms. The zero-order valence-corrected chi connectivity index (χ0v) is 12.8.